The molecule has 0 spiro atoms. The lowest BCUT2D eigenvalue weighted by molar-refractivity contribution is -0.139. The number of carbonyl (C=O) groups excluding carboxylic acids is 1. The number of carboxylic acids is 1. The van der Waals surface area contributed by atoms with Crippen LogP contribution in [0.2, 0.25) is 0 Å². The highest BCUT2D eigenvalue weighted by atomic mass is 32.1. The molecule has 1 heterocycles. The molecule has 0 radical (unpaired) electrons. The van der Waals surface area contributed by atoms with Gasteiger partial charge in [0.05, 0.1) is 4.88 Å². The van der Waals surface area contributed by atoms with E-state index in [9.17, 15) is 9.59 Å². The Morgan fingerprint density at radius 1 is 1.42 bits per heavy atom. The highest BCUT2D eigenvalue weighted by Gasteiger charge is 2.24. The van der Waals surface area contributed by atoms with Gasteiger partial charge >= 0.3 is 5.97 Å². The number of aryl methyl sites for hydroxylation is 2. The minimum absolute atomic E-state index is 0.231. The number of thiophene rings is 1. The van der Waals surface area contributed by atoms with Crippen LogP contribution in [0.15, 0.2) is 6.07 Å². The largest absolute Gasteiger partial charge is 0.480 e. The van der Waals surface area contributed by atoms with Crippen molar-refractivity contribution in [1.82, 2.24) is 5.32 Å². The number of carbonyl (C=O) groups is 2. The van der Waals surface area contributed by atoms with Crippen LogP contribution in [0.1, 0.15) is 46.8 Å². The fourth-order valence-electron chi connectivity index (χ4n) is 2.36. The molecule has 0 bridgehead atoms. The van der Waals surface area contributed by atoms with Crippen molar-refractivity contribution >= 4 is 23.2 Å². The molecule has 104 valence electrons. The molecule has 0 aliphatic heterocycles. The molecular weight excluding hydrogens is 262 g/mol. The van der Waals surface area contributed by atoms with E-state index in [1.807, 2.05) is 19.9 Å². The minimum Gasteiger partial charge on any atom is -0.480 e. The van der Waals surface area contributed by atoms with Crippen LogP contribution in [0.3, 0.4) is 0 Å². The van der Waals surface area contributed by atoms with E-state index in [2.05, 4.69) is 5.32 Å². The van der Waals surface area contributed by atoms with E-state index >= 15 is 0 Å². The van der Waals surface area contributed by atoms with Crippen molar-refractivity contribution in [2.75, 3.05) is 0 Å². The molecular formula is C14H19NO3S. The Morgan fingerprint density at radius 3 is 2.74 bits per heavy atom. The predicted octanol–water partition coefficient (Wildman–Crippen LogP) is 2.47. The number of hydrogen-bond acceptors (Lipinski definition) is 3. The van der Waals surface area contributed by atoms with Gasteiger partial charge in [0.2, 0.25) is 0 Å². The molecule has 2 N–H and O–H groups in total. The Kier molecular flexibility index (Phi) is 4.24. The molecule has 5 heteroatoms. The van der Waals surface area contributed by atoms with Gasteiger partial charge in [0, 0.05) is 4.88 Å². The van der Waals surface area contributed by atoms with E-state index in [0.29, 0.717) is 11.3 Å². The van der Waals surface area contributed by atoms with E-state index in [0.717, 1.165) is 19.3 Å². The second-order valence-corrected chi connectivity index (χ2v) is 6.54. The van der Waals surface area contributed by atoms with Gasteiger partial charge in [0.15, 0.2) is 0 Å². The summed E-state index contributed by atoms with van der Waals surface area (Å²) in [5, 5.41) is 11.7. The van der Waals surface area contributed by atoms with Crippen LogP contribution in [-0.2, 0) is 17.6 Å². The van der Waals surface area contributed by atoms with Gasteiger partial charge in [0.25, 0.3) is 5.91 Å². The lowest BCUT2D eigenvalue weighted by Gasteiger charge is -2.15. The Bertz CT molecular complexity index is 471. The van der Waals surface area contributed by atoms with E-state index < -0.39 is 12.0 Å². The van der Waals surface area contributed by atoms with Crippen LogP contribution in [0.4, 0.5) is 0 Å². The summed E-state index contributed by atoms with van der Waals surface area (Å²) in [6.45, 7) is 3.89. The molecule has 1 aliphatic carbocycles. The number of rotatable bonds is 5. The van der Waals surface area contributed by atoms with Crippen molar-refractivity contribution in [2.24, 2.45) is 5.92 Å². The topological polar surface area (TPSA) is 66.4 Å². The van der Waals surface area contributed by atoms with Gasteiger partial charge in [-0.2, -0.15) is 0 Å². The first-order chi connectivity index (χ1) is 8.97. The summed E-state index contributed by atoms with van der Waals surface area (Å²) < 4.78 is 0. The minimum atomic E-state index is -0.967. The molecule has 0 unspecified atom stereocenters. The van der Waals surface area contributed by atoms with Crippen LogP contribution in [-0.4, -0.2) is 23.0 Å². The Hall–Kier alpha value is -1.36. The first-order valence-electron chi connectivity index (χ1n) is 6.62. The molecule has 2 rings (SSSR count). The van der Waals surface area contributed by atoms with Gasteiger partial charge in [-0.15, -0.1) is 11.3 Å². The summed E-state index contributed by atoms with van der Waals surface area (Å²) in [7, 11) is 0. The second kappa shape index (κ2) is 5.74. The Balaban J connectivity index is 2.04. The van der Waals surface area contributed by atoms with Gasteiger partial charge in [-0.1, -0.05) is 13.8 Å². The lowest BCUT2D eigenvalue weighted by atomic mass is 10.0. The summed E-state index contributed by atoms with van der Waals surface area (Å²) in [4.78, 5) is 25.1. The van der Waals surface area contributed by atoms with Crippen molar-refractivity contribution < 1.29 is 14.7 Å². The number of nitrogens with one attached hydrogen (secondary N) is 1. The van der Waals surface area contributed by atoms with E-state index in [1.54, 1.807) is 0 Å². The number of hydrogen-bond donors (Lipinski definition) is 2. The average Bonchev–Trinajstić information content (AvgIpc) is 2.86. The molecule has 1 atom stereocenters. The van der Waals surface area contributed by atoms with Crippen molar-refractivity contribution in [3.63, 3.8) is 0 Å². The van der Waals surface area contributed by atoms with Crippen molar-refractivity contribution in [3.05, 3.63) is 21.4 Å². The Labute approximate surface area is 116 Å². The van der Waals surface area contributed by atoms with Crippen LogP contribution >= 0.6 is 11.3 Å². The van der Waals surface area contributed by atoms with Crippen molar-refractivity contribution in [1.29, 1.82) is 0 Å². The summed E-state index contributed by atoms with van der Waals surface area (Å²) in [6, 6.07) is 1.11. The standard InChI is InChI=1S/C14H19NO3S/c1-8(2)6-10(14(17)18)15-13(16)12-7-9-4-3-5-11(9)19-12/h7-8,10H,3-6H2,1-2H3,(H,15,16)(H,17,18)/t10-/m1/s1. The zero-order chi connectivity index (χ0) is 14.0. The molecule has 1 aromatic rings. The molecule has 0 saturated carbocycles. The average molecular weight is 281 g/mol. The van der Waals surface area contributed by atoms with Gasteiger partial charge in [-0.3, -0.25) is 4.79 Å². The van der Waals surface area contributed by atoms with Crippen LogP contribution in [0.25, 0.3) is 0 Å². The second-order valence-electron chi connectivity index (χ2n) is 5.41. The van der Waals surface area contributed by atoms with Gasteiger partial charge in [0.1, 0.15) is 6.04 Å². The maximum absolute atomic E-state index is 12.1. The zero-order valence-corrected chi connectivity index (χ0v) is 12.0. The number of carboxylic acid groups (broad SMARTS) is 1. The molecule has 0 saturated heterocycles. The fourth-order valence-corrected chi connectivity index (χ4v) is 3.52. The third-order valence-electron chi connectivity index (χ3n) is 3.28. The first kappa shape index (κ1) is 14.1. The molecule has 1 aliphatic rings. The maximum Gasteiger partial charge on any atom is 0.326 e. The van der Waals surface area contributed by atoms with Gasteiger partial charge < -0.3 is 10.4 Å². The predicted molar refractivity (Wildman–Crippen MR) is 74.7 cm³/mol. The number of amides is 1. The quantitative estimate of drug-likeness (QED) is 0.871. The maximum atomic E-state index is 12.1. The van der Waals surface area contributed by atoms with Crippen molar-refractivity contribution in [2.45, 2.75) is 45.6 Å². The third-order valence-corrected chi connectivity index (χ3v) is 4.52. The van der Waals surface area contributed by atoms with Crippen LogP contribution < -0.4 is 5.32 Å². The molecule has 19 heavy (non-hydrogen) atoms. The summed E-state index contributed by atoms with van der Waals surface area (Å²) in [5.74, 6) is -0.992. The zero-order valence-electron chi connectivity index (χ0n) is 11.2. The lowest BCUT2D eigenvalue weighted by Crippen LogP contribution is -2.41. The third kappa shape index (κ3) is 3.35. The highest BCUT2D eigenvalue weighted by Crippen LogP contribution is 2.30. The molecule has 4 nitrogen and oxygen atoms in total. The first-order valence-corrected chi connectivity index (χ1v) is 7.44. The van der Waals surface area contributed by atoms with Crippen LogP contribution in [0.5, 0.6) is 0 Å². The normalized spacial score (nSPS) is 15.3. The Morgan fingerprint density at radius 2 is 2.16 bits per heavy atom. The van der Waals surface area contributed by atoms with Gasteiger partial charge in [-0.05, 0) is 43.2 Å². The molecule has 0 fully saturated rings. The van der Waals surface area contributed by atoms with Crippen LogP contribution in [0, 0.1) is 5.92 Å². The van der Waals surface area contributed by atoms with Crippen molar-refractivity contribution in [3.8, 4) is 0 Å². The number of aliphatic carboxylic acids is 1. The highest BCUT2D eigenvalue weighted by molar-refractivity contribution is 7.14. The number of fused-ring (bicyclic) bond motifs is 1. The van der Waals surface area contributed by atoms with E-state index in [4.69, 9.17) is 5.11 Å². The molecule has 0 aromatic carbocycles. The summed E-state index contributed by atoms with van der Waals surface area (Å²) in [6.07, 6.45) is 3.69. The monoisotopic (exact) mass is 281 g/mol. The molecule has 1 amide bonds. The summed E-state index contributed by atoms with van der Waals surface area (Å²) in [5.41, 5.74) is 1.26. The summed E-state index contributed by atoms with van der Waals surface area (Å²) >= 11 is 1.50. The van der Waals surface area contributed by atoms with E-state index in [1.165, 1.54) is 21.8 Å². The fraction of sp³-hybridized carbons (Fsp3) is 0.571. The van der Waals surface area contributed by atoms with Gasteiger partial charge in [-0.25, -0.2) is 4.79 Å². The molecule has 1 aromatic heterocycles. The van der Waals surface area contributed by atoms with E-state index in [-0.39, 0.29) is 11.8 Å². The SMILES string of the molecule is CC(C)C[C@@H](NC(=O)c1cc2c(s1)CCC2)C(=O)O. The smallest absolute Gasteiger partial charge is 0.326 e.